The molecule has 1 aromatic heterocycles. The number of anilines is 1. The summed E-state index contributed by atoms with van der Waals surface area (Å²) < 4.78 is 40.4. The molecule has 1 saturated carbocycles. The molecule has 0 amide bonds. The van der Waals surface area contributed by atoms with Crippen LogP contribution in [0.4, 0.5) is 10.1 Å². The maximum absolute atomic E-state index is 14.7. The van der Waals surface area contributed by atoms with Crippen molar-refractivity contribution < 1.29 is 22.7 Å². The van der Waals surface area contributed by atoms with Crippen LogP contribution in [0.25, 0.3) is 0 Å². The zero-order valence-electron chi connectivity index (χ0n) is 16.5. The molecule has 7 nitrogen and oxygen atoms in total. The van der Waals surface area contributed by atoms with Crippen LogP contribution < -0.4 is 10.6 Å². The van der Waals surface area contributed by atoms with E-state index in [1.54, 1.807) is 11.6 Å². The number of benzene rings is 1. The Bertz CT molecular complexity index is 924. The van der Waals surface area contributed by atoms with E-state index in [1.165, 1.54) is 29.9 Å². The summed E-state index contributed by atoms with van der Waals surface area (Å²) in [5, 5.41) is 15.9. The van der Waals surface area contributed by atoms with Crippen LogP contribution in [0.2, 0.25) is 0 Å². The van der Waals surface area contributed by atoms with Gasteiger partial charge in [0.05, 0.1) is 5.69 Å². The van der Waals surface area contributed by atoms with Crippen molar-refractivity contribution in [2.75, 3.05) is 11.9 Å². The van der Waals surface area contributed by atoms with E-state index >= 15 is 0 Å². The normalized spacial score (nSPS) is 18.9. The maximum atomic E-state index is 14.7. The van der Waals surface area contributed by atoms with Crippen molar-refractivity contribution in [2.45, 2.75) is 55.3 Å². The van der Waals surface area contributed by atoms with Crippen molar-refractivity contribution in [3.8, 4) is 0 Å². The van der Waals surface area contributed by atoms with Gasteiger partial charge < -0.3 is 15.7 Å². The molecule has 3 rings (SSSR count). The monoisotopic (exact) mass is 521 g/mol. The first kappa shape index (κ1) is 24.7. The predicted octanol–water partition coefficient (Wildman–Crippen LogP) is 4.05. The second kappa shape index (κ2) is 11.7. The molecule has 2 atom stereocenters. The highest BCUT2D eigenvalue weighted by atomic mass is 79.9. The number of thiazole rings is 1. The van der Waals surface area contributed by atoms with Gasteiger partial charge in [-0.25, -0.2) is 17.8 Å². The zero-order valence-corrected chi connectivity index (χ0v) is 19.7. The van der Waals surface area contributed by atoms with Crippen LogP contribution in [-0.2, 0) is 20.4 Å². The minimum absolute atomic E-state index is 0.187. The molecule has 1 fully saturated rings. The van der Waals surface area contributed by atoms with Crippen LogP contribution in [0.3, 0.4) is 0 Å². The Labute approximate surface area is 188 Å². The van der Waals surface area contributed by atoms with Gasteiger partial charge in [0.1, 0.15) is 21.5 Å². The smallest absolute Gasteiger partial charge is 0.290 e. The van der Waals surface area contributed by atoms with E-state index in [4.69, 9.17) is 9.90 Å². The van der Waals surface area contributed by atoms with Gasteiger partial charge in [-0.3, -0.25) is 4.79 Å². The van der Waals surface area contributed by atoms with Gasteiger partial charge in [0, 0.05) is 28.1 Å². The molecule has 0 radical (unpaired) electrons. The van der Waals surface area contributed by atoms with E-state index in [0.717, 1.165) is 25.8 Å². The molecule has 0 unspecified atom stereocenters. The molecule has 0 saturated heterocycles. The summed E-state index contributed by atoms with van der Waals surface area (Å²) in [6.07, 6.45) is 5.92. The topological polar surface area (TPSA) is 108 Å². The van der Waals surface area contributed by atoms with E-state index < -0.39 is 15.7 Å². The summed E-state index contributed by atoms with van der Waals surface area (Å²) in [6.45, 7) is 2.70. The number of halogens is 2. The van der Waals surface area contributed by atoms with E-state index in [1.807, 2.05) is 0 Å². The Kier molecular flexibility index (Phi) is 9.66. The van der Waals surface area contributed by atoms with Gasteiger partial charge in [0.25, 0.3) is 6.47 Å². The number of carboxylic acid groups (broad SMARTS) is 1. The van der Waals surface area contributed by atoms with Gasteiger partial charge in [0.2, 0.25) is 0 Å². The number of rotatable bonds is 7. The molecule has 30 heavy (non-hydrogen) atoms. The first-order valence-electron chi connectivity index (χ1n) is 9.50. The fourth-order valence-electron chi connectivity index (χ4n) is 3.45. The second-order valence-electron chi connectivity index (χ2n) is 6.75. The van der Waals surface area contributed by atoms with Gasteiger partial charge in [-0.15, -0.1) is 11.3 Å². The first-order valence-corrected chi connectivity index (χ1v) is 12.8. The number of aromatic nitrogens is 1. The molecular weight excluding hydrogens is 497 g/mol. The highest BCUT2D eigenvalue weighted by Gasteiger charge is 2.27. The van der Waals surface area contributed by atoms with Gasteiger partial charge in [-0.1, -0.05) is 19.8 Å². The Morgan fingerprint density at radius 1 is 1.33 bits per heavy atom. The molecule has 0 aliphatic heterocycles. The standard InChI is InChI=1S/C18H23BrFN3O2S2.CH2O2/c1-2-21-14-5-3-4-6-15(14)23-16-10-13(20)17(9-12(16)19)27(24,25)11-18-22-7-8-26-18;2-1-3/h7-10,14-15,21,23H,2-6,11H2,1H3;1H,(H,2,3)/t14-,15-;/m0./s1. The fourth-order valence-corrected chi connectivity index (χ4v) is 6.41. The SMILES string of the molecule is CCN[C@H]1CCCC[C@@H]1Nc1cc(F)c(S(=O)(=O)Cc2nccs2)cc1Br.O=CO. The van der Waals surface area contributed by atoms with Gasteiger partial charge >= 0.3 is 0 Å². The fraction of sp³-hybridized carbons (Fsp3) is 0.474. The third kappa shape index (κ3) is 6.73. The Morgan fingerprint density at radius 3 is 2.60 bits per heavy atom. The van der Waals surface area contributed by atoms with Crippen LogP contribution in [0.15, 0.2) is 33.1 Å². The molecule has 0 spiro atoms. The summed E-state index contributed by atoms with van der Waals surface area (Å²) in [5.41, 5.74) is 0.579. The third-order valence-corrected chi connectivity index (χ3v) is 7.98. The molecule has 1 aliphatic carbocycles. The quantitative estimate of drug-likeness (QED) is 0.471. The number of sulfone groups is 1. The van der Waals surface area contributed by atoms with Crippen LogP contribution in [0.5, 0.6) is 0 Å². The highest BCUT2D eigenvalue weighted by Crippen LogP contribution is 2.32. The van der Waals surface area contributed by atoms with E-state index in [-0.39, 0.29) is 23.2 Å². The molecule has 2 aromatic rings. The number of nitrogens with zero attached hydrogens (tertiary/aromatic N) is 1. The zero-order chi connectivity index (χ0) is 22.1. The highest BCUT2D eigenvalue weighted by molar-refractivity contribution is 9.10. The van der Waals surface area contributed by atoms with E-state index in [0.29, 0.717) is 21.2 Å². The Balaban J connectivity index is 0.00000101. The average molecular weight is 522 g/mol. The lowest BCUT2D eigenvalue weighted by molar-refractivity contribution is -0.122. The Morgan fingerprint density at radius 2 is 2.00 bits per heavy atom. The number of hydrogen-bond donors (Lipinski definition) is 3. The largest absolute Gasteiger partial charge is 0.483 e. The van der Waals surface area contributed by atoms with Crippen molar-refractivity contribution in [3.63, 3.8) is 0 Å². The summed E-state index contributed by atoms with van der Waals surface area (Å²) >= 11 is 4.65. The third-order valence-electron chi connectivity index (χ3n) is 4.73. The molecule has 166 valence electrons. The van der Waals surface area contributed by atoms with Crippen LogP contribution >= 0.6 is 27.3 Å². The van der Waals surface area contributed by atoms with Crippen LogP contribution in [0, 0.1) is 5.82 Å². The molecule has 11 heteroatoms. The predicted molar refractivity (Wildman–Crippen MR) is 119 cm³/mol. The molecule has 1 aliphatic rings. The minimum atomic E-state index is -3.80. The van der Waals surface area contributed by atoms with Crippen molar-refractivity contribution in [1.82, 2.24) is 10.3 Å². The summed E-state index contributed by atoms with van der Waals surface area (Å²) in [4.78, 5) is 12.0. The lowest BCUT2D eigenvalue weighted by atomic mass is 9.90. The van der Waals surface area contributed by atoms with Crippen molar-refractivity contribution >= 4 is 49.3 Å². The summed E-state index contributed by atoms with van der Waals surface area (Å²) in [6, 6.07) is 3.14. The molecule has 1 heterocycles. The van der Waals surface area contributed by atoms with Gasteiger partial charge in [-0.05, 0) is 47.4 Å². The van der Waals surface area contributed by atoms with Gasteiger partial charge in [-0.2, -0.15) is 0 Å². The lowest BCUT2D eigenvalue weighted by Gasteiger charge is -2.33. The van der Waals surface area contributed by atoms with Crippen LogP contribution in [0.1, 0.15) is 37.6 Å². The second-order valence-corrected chi connectivity index (χ2v) is 10.5. The number of carbonyl (C=O) groups is 1. The van der Waals surface area contributed by atoms with Gasteiger partial charge in [0.15, 0.2) is 9.84 Å². The minimum Gasteiger partial charge on any atom is -0.483 e. The summed E-state index contributed by atoms with van der Waals surface area (Å²) in [7, 11) is -3.80. The number of likely N-dealkylation sites (N-methyl/N-ethyl adjacent to an activating group) is 1. The van der Waals surface area contributed by atoms with E-state index in [2.05, 4.69) is 38.5 Å². The molecule has 1 aromatic carbocycles. The molecule has 3 N–H and O–H groups in total. The first-order chi connectivity index (χ1) is 14.3. The number of hydrogen-bond acceptors (Lipinski definition) is 7. The molecular formula is C19H25BrFN3O4S2. The molecule has 0 bridgehead atoms. The Hall–Kier alpha value is -1.56. The van der Waals surface area contributed by atoms with Crippen molar-refractivity contribution in [2.24, 2.45) is 0 Å². The average Bonchev–Trinajstić information content (AvgIpc) is 3.19. The van der Waals surface area contributed by atoms with E-state index in [9.17, 15) is 12.8 Å². The maximum Gasteiger partial charge on any atom is 0.290 e. The summed E-state index contributed by atoms with van der Waals surface area (Å²) in [5.74, 6) is -1.04. The lowest BCUT2D eigenvalue weighted by Crippen LogP contribution is -2.46. The van der Waals surface area contributed by atoms with Crippen LogP contribution in [-0.4, -0.2) is 43.6 Å². The number of nitrogens with one attached hydrogen (secondary N) is 2. The van der Waals surface area contributed by atoms with Crippen molar-refractivity contribution in [1.29, 1.82) is 0 Å². The van der Waals surface area contributed by atoms with Crippen molar-refractivity contribution in [3.05, 3.63) is 39.0 Å².